The molecular weight excluding hydrogens is 458 g/mol. The van der Waals surface area contributed by atoms with Crippen LogP contribution < -0.4 is 10.6 Å². The molecular formula is C25H27N9O2. The number of hydrogen-bond acceptors (Lipinski definition) is 7. The van der Waals surface area contributed by atoms with Gasteiger partial charge in [0.15, 0.2) is 5.69 Å². The van der Waals surface area contributed by atoms with Gasteiger partial charge in [0.05, 0.1) is 41.5 Å². The number of rotatable bonds is 6. The van der Waals surface area contributed by atoms with Crippen LogP contribution in [-0.4, -0.2) is 65.4 Å². The number of hydrogen-bond donors (Lipinski definition) is 2. The number of carbonyl (C=O) groups is 2. The summed E-state index contributed by atoms with van der Waals surface area (Å²) in [5.74, 6) is 0.265. The fourth-order valence-corrected chi connectivity index (χ4v) is 5.31. The van der Waals surface area contributed by atoms with Crippen LogP contribution >= 0.6 is 0 Å². The van der Waals surface area contributed by atoms with Crippen LogP contribution in [0.3, 0.4) is 0 Å². The summed E-state index contributed by atoms with van der Waals surface area (Å²) in [4.78, 5) is 32.3. The third-order valence-corrected chi connectivity index (χ3v) is 7.15. The van der Waals surface area contributed by atoms with Crippen molar-refractivity contribution in [2.45, 2.75) is 32.2 Å². The Morgan fingerprint density at radius 3 is 2.75 bits per heavy atom. The molecule has 5 heterocycles. The Balaban J connectivity index is 1.15. The van der Waals surface area contributed by atoms with Gasteiger partial charge >= 0.3 is 0 Å². The second kappa shape index (κ2) is 8.83. The van der Waals surface area contributed by atoms with E-state index in [1.807, 2.05) is 31.6 Å². The fourth-order valence-electron chi connectivity index (χ4n) is 5.31. The SMILES string of the molecule is Cc1ncc(NC(=O)CN2CC3CCC2C3)cc1NC(=O)c1nnn2cc(-c3cnn(C)c3)ccc12. The van der Waals surface area contributed by atoms with Crippen LogP contribution in [0, 0.1) is 12.8 Å². The lowest BCUT2D eigenvalue weighted by molar-refractivity contribution is -0.117. The van der Waals surface area contributed by atoms with Gasteiger partial charge in [0, 0.05) is 43.2 Å². The van der Waals surface area contributed by atoms with E-state index in [1.165, 1.54) is 19.3 Å². The lowest BCUT2D eigenvalue weighted by Gasteiger charge is -2.25. The van der Waals surface area contributed by atoms with Crippen molar-refractivity contribution in [3.8, 4) is 11.1 Å². The van der Waals surface area contributed by atoms with Crippen molar-refractivity contribution in [2.75, 3.05) is 23.7 Å². The number of likely N-dealkylation sites (tertiary alicyclic amines) is 1. The highest BCUT2D eigenvalue weighted by atomic mass is 16.2. The number of nitrogens with zero attached hydrogens (tertiary/aromatic N) is 7. The minimum atomic E-state index is -0.402. The number of anilines is 2. The molecule has 11 heteroatoms. The Bertz CT molecular complexity index is 1470. The molecule has 2 amide bonds. The number of carbonyl (C=O) groups excluding carboxylic acids is 2. The van der Waals surface area contributed by atoms with Crippen LogP contribution in [0.25, 0.3) is 16.6 Å². The molecule has 0 radical (unpaired) electrons. The zero-order valence-electron chi connectivity index (χ0n) is 20.2. The molecule has 1 saturated heterocycles. The standard InChI is InChI=1S/C25H27N9O2/c1-15-21(8-19(10-26-15)28-23(35)14-33-11-16-3-5-20(33)7-16)29-25(36)24-22-6-4-17(13-34(22)31-30-24)18-9-27-32(2)12-18/h4,6,8-10,12-13,16,20H,3,5,7,11,14H2,1-2H3,(H,28,35)(H,29,36). The van der Waals surface area contributed by atoms with Crippen LogP contribution in [0.4, 0.5) is 11.4 Å². The van der Waals surface area contributed by atoms with Crippen molar-refractivity contribution in [1.29, 1.82) is 0 Å². The van der Waals surface area contributed by atoms with Gasteiger partial charge in [-0.3, -0.25) is 24.2 Å². The van der Waals surface area contributed by atoms with Crippen LogP contribution in [-0.2, 0) is 11.8 Å². The normalized spacial score (nSPS) is 19.2. The Kier molecular flexibility index (Phi) is 5.48. The van der Waals surface area contributed by atoms with E-state index in [0.29, 0.717) is 35.2 Å². The Labute approximate surface area is 207 Å². The van der Waals surface area contributed by atoms with Gasteiger partial charge in [0.2, 0.25) is 5.91 Å². The minimum Gasteiger partial charge on any atom is -0.324 e. The van der Waals surface area contributed by atoms with Gasteiger partial charge < -0.3 is 10.6 Å². The molecule has 2 aliphatic rings. The number of aryl methyl sites for hydroxylation is 2. The lowest BCUT2D eigenvalue weighted by Crippen LogP contribution is -2.38. The van der Waals surface area contributed by atoms with E-state index >= 15 is 0 Å². The zero-order valence-corrected chi connectivity index (χ0v) is 20.2. The highest BCUT2D eigenvalue weighted by Crippen LogP contribution is 2.37. The summed E-state index contributed by atoms with van der Waals surface area (Å²) >= 11 is 0. The molecule has 1 aliphatic carbocycles. The van der Waals surface area contributed by atoms with Crippen LogP contribution in [0.1, 0.15) is 35.4 Å². The molecule has 1 aliphatic heterocycles. The monoisotopic (exact) mass is 485 g/mol. The van der Waals surface area contributed by atoms with Crippen LogP contribution in [0.2, 0.25) is 0 Å². The molecule has 2 atom stereocenters. The highest BCUT2D eigenvalue weighted by molar-refractivity contribution is 6.08. The summed E-state index contributed by atoms with van der Waals surface area (Å²) in [6, 6.07) is 5.97. The van der Waals surface area contributed by atoms with E-state index in [4.69, 9.17) is 0 Å². The van der Waals surface area contributed by atoms with E-state index in [0.717, 1.165) is 23.6 Å². The first-order chi connectivity index (χ1) is 17.4. The van der Waals surface area contributed by atoms with Gasteiger partial charge in [-0.05, 0) is 44.2 Å². The topological polar surface area (TPSA) is 122 Å². The van der Waals surface area contributed by atoms with Crippen molar-refractivity contribution in [2.24, 2.45) is 13.0 Å². The van der Waals surface area contributed by atoms with Crippen molar-refractivity contribution in [3.05, 3.63) is 54.4 Å². The lowest BCUT2D eigenvalue weighted by atomic mass is 10.1. The smallest absolute Gasteiger partial charge is 0.278 e. The first kappa shape index (κ1) is 22.4. The van der Waals surface area contributed by atoms with Gasteiger partial charge in [-0.1, -0.05) is 11.3 Å². The molecule has 4 aromatic rings. The van der Waals surface area contributed by atoms with Crippen LogP contribution in [0.5, 0.6) is 0 Å². The summed E-state index contributed by atoms with van der Waals surface area (Å²) in [5.41, 5.74) is 4.32. The Morgan fingerprint density at radius 2 is 2.00 bits per heavy atom. The molecule has 0 aromatic carbocycles. The fraction of sp³-hybridized carbons (Fsp3) is 0.360. The summed E-state index contributed by atoms with van der Waals surface area (Å²) in [6.45, 7) is 3.18. The number of amides is 2. The van der Waals surface area contributed by atoms with Crippen molar-refractivity contribution in [3.63, 3.8) is 0 Å². The molecule has 184 valence electrons. The maximum atomic E-state index is 13.1. The number of pyridine rings is 2. The molecule has 1 saturated carbocycles. The Morgan fingerprint density at radius 1 is 1.11 bits per heavy atom. The van der Waals surface area contributed by atoms with Crippen LogP contribution in [0.15, 0.2) is 43.0 Å². The van der Waals surface area contributed by atoms with E-state index in [9.17, 15) is 9.59 Å². The summed E-state index contributed by atoms with van der Waals surface area (Å²) in [7, 11) is 1.86. The van der Waals surface area contributed by atoms with E-state index in [2.05, 4.69) is 35.9 Å². The average Bonchev–Trinajstić information content (AvgIpc) is 3.65. The maximum absolute atomic E-state index is 13.1. The number of piperidine rings is 1. The number of aromatic nitrogens is 6. The molecule has 2 bridgehead atoms. The zero-order chi connectivity index (χ0) is 24.8. The van der Waals surface area contributed by atoms with Gasteiger partial charge in [-0.2, -0.15) is 5.10 Å². The van der Waals surface area contributed by atoms with Crippen molar-refractivity contribution >= 4 is 28.7 Å². The minimum absolute atomic E-state index is 0.0702. The quantitative estimate of drug-likeness (QED) is 0.430. The summed E-state index contributed by atoms with van der Waals surface area (Å²) < 4.78 is 3.30. The largest absolute Gasteiger partial charge is 0.324 e. The predicted molar refractivity (Wildman–Crippen MR) is 133 cm³/mol. The Hall–Kier alpha value is -4.12. The van der Waals surface area contributed by atoms with Crippen molar-refractivity contribution in [1.82, 2.24) is 34.5 Å². The maximum Gasteiger partial charge on any atom is 0.278 e. The van der Waals surface area contributed by atoms with Gasteiger partial charge in [0.25, 0.3) is 5.91 Å². The third kappa shape index (κ3) is 4.22. The number of fused-ring (bicyclic) bond motifs is 3. The van der Waals surface area contributed by atoms with Gasteiger partial charge in [0.1, 0.15) is 0 Å². The molecule has 11 nitrogen and oxygen atoms in total. The number of nitrogens with one attached hydrogen (secondary N) is 2. The second-order valence-corrected chi connectivity index (χ2v) is 9.71. The predicted octanol–water partition coefficient (Wildman–Crippen LogP) is 2.51. The first-order valence-electron chi connectivity index (χ1n) is 12.1. The van der Waals surface area contributed by atoms with E-state index in [-0.39, 0.29) is 11.6 Å². The molecule has 2 N–H and O–H groups in total. The molecule has 36 heavy (non-hydrogen) atoms. The average molecular weight is 486 g/mol. The third-order valence-electron chi connectivity index (χ3n) is 7.15. The van der Waals surface area contributed by atoms with Gasteiger partial charge in [-0.25, -0.2) is 4.52 Å². The molecule has 2 unspecified atom stereocenters. The summed E-state index contributed by atoms with van der Waals surface area (Å²) in [5, 5.41) is 18.2. The molecule has 0 spiro atoms. The van der Waals surface area contributed by atoms with Crippen molar-refractivity contribution < 1.29 is 9.59 Å². The van der Waals surface area contributed by atoms with E-state index < -0.39 is 5.91 Å². The molecule has 2 fully saturated rings. The molecule has 4 aromatic heterocycles. The highest BCUT2D eigenvalue weighted by Gasteiger charge is 2.38. The van der Waals surface area contributed by atoms with Gasteiger partial charge in [-0.15, -0.1) is 5.10 Å². The second-order valence-electron chi connectivity index (χ2n) is 9.71. The summed E-state index contributed by atoms with van der Waals surface area (Å²) in [6.07, 6.45) is 10.8. The first-order valence-corrected chi connectivity index (χ1v) is 12.1. The van der Waals surface area contributed by atoms with E-state index in [1.54, 1.807) is 34.6 Å². The molecule has 6 rings (SSSR count).